The Hall–Kier alpha value is -2.89. The molecule has 102 valence electrons. The van der Waals surface area contributed by atoms with E-state index in [1.807, 2.05) is 0 Å². The van der Waals surface area contributed by atoms with Gasteiger partial charge >= 0.3 is 0 Å². The molecule has 0 aliphatic rings. The molecule has 0 saturated heterocycles. The summed E-state index contributed by atoms with van der Waals surface area (Å²) in [4.78, 5) is 16.2. The number of hydrogen-bond acceptors (Lipinski definition) is 4. The van der Waals surface area contributed by atoms with E-state index in [4.69, 9.17) is 10.9 Å². The van der Waals surface area contributed by atoms with Gasteiger partial charge in [-0.1, -0.05) is 23.4 Å². The van der Waals surface area contributed by atoms with Gasteiger partial charge < -0.3 is 16.3 Å². The number of pyridine rings is 1. The van der Waals surface area contributed by atoms with Crippen molar-refractivity contribution < 1.29 is 10.0 Å². The van der Waals surface area contributed by atoms with Crippen LogP contribution in [0.4, 0.5) is 5.69 Å². The fourth-order valence-corrected chi connectivity index (χ4v) is 1.77. The second-order valence-electron chi connectivity index (χ2n) is 4.15. The van der Waals surface area contributed by atoms with Gasteiger partial charge in [0, 0.05) is 11.8 Å². The molecule has 0 spiro atoms. The molecule has 1 aromatic carbocycles. The van der Waals surface area contributed by atoms with E-state index in [9.17, 15) is 4.79 Å². The van der Waals surface area contributed by atoms with Gasteiger partial charge in [-0.05, 0) is 30.7 Å². The highest BCUT2D eigenvalue weighted by atomic mass is 16.4. The summed E-state index contributed by atoms with van der Waals surface area (Å²) in [5, 5.41) is 14.4. The maximum absolute atomic E-state index is 12.2. The number of oxime groups is 1. The second kappa shape index (κ2) is 5.83. The van der Waals surface area contributed by atoms with E-state index >= 15 is 0 Å². The highest BCUT2D eigenvalue weighted by Crippen LogP contribution is 2.16. The summed E-state index contributed by atoms with van der Waals surface area (Å²) >= 11 is 0. The minimum atomic E-state index is -0.346. The van der Waals surface area contributed by atoms with Crippen LogP contribution in [-0.4, -0.2) is 21.9 Å². The molecular formula is C14H14N4O2. The third-order valence-corrected chi connectivity index (χ3v) is 2.78. The third-order valence-electron chi connectivity index (χ3n) is 2.78. The average molecular weight is 270 g/mol. The first-order chi connectivity index (χ1) is 9.63. The lowest BCUT2D eigenvalue weighted by molar-refractivity contribution is 0.102. The number of hydrogen-bond donors (Lipinski definition) is 3. The fraction of sp³-hybridized carbons (Fsp3) is 0.0714. The van der Waals surface area contributed by atoms with Crippen LogP contribution in [0.1, 0.15) is 21.6 Å². The molecule has 1 amide bonds. The molecule has 0 unspecified atom stereocenters. The molecule has 6 nitrogen and oxygen atoms in total. The second-order valence-corrected chi connectivity index (χ2v) is 4.15. The molecule has 2 aromatic rings. The van der Waals surface area contributed by atoms with Gasteiger partial charge in [0.2, 0.25) is 0 Å². The lowest BCUT2D eigenvalue weighted by Gasteiger charge is -2.10. The van der Waals surface area contributed by atoms with Crippen LogP contribution >= 0.6 is 0 Å². The normalized spacial score (nSPS) is 11.2. The molecule has 0 radical (unpaired) electrons. The van der Waals surface area contributed by atoms with Crippen LogP contribution in [0.3, 0.4) is 0 Å². The number of aryl methyl sites for hydroxylation is 1. The van der Waals surface area contributed by atoms with Gasteiger partial charge in [0.25, 0.3) is 5.91 Å². The van der Waals surface area contributed by atoms with Crippen LogP contribution in [0, 0.1) is 6.92 Å². The van der Waals surface area contributed by atoms with Crippen molar-refractivity contribution in [2.45, 2.75) is 6.92 Å². The van der Waals surface area contributed by atoms with Gasteiger partial charge in [-0.15, -0.1) is 0 Å². The van der Waals surface area contributed by atoms with Crippen LogP contribution in [0.15, 0.2) is 47.8 Å². The van der Waals surface area contributed by atoms with Crippen molar-refractivity contribution in [3.8, 4) is 0 Å². The van der Waals surface area contributed by atoms with Gasteiger partial charge in [0.15, 0.2) is 5.84 Å². The minimum Gasteiger partial charge on any atom is -0.409 e. The largest absolute Gasteiger partial charge is 0.409 e. The van der Waals surface area contributed by atoms with Crippen LogP contribution in [-0.2, 0) is 0 Å². The summed E-state index contributed by atoms with van der Waals surface area (Å²) in [5.41, 5.74) is 7.58. The maximum Gasteiger partial charge on any atom is 0.274 e. The van der Waals surface area contributed by atoms with E-state index in [2.05, 4.69) is 15.5 Å². The molecule has 0 bridgehead atoms. The van der Waals surface area contributed by atoms with Crippen molar-refractivity contribution in [1.82, 2.24) is 4.98 Å². The zero-order valence-electron chi connectivity index (χ0n) is 10.9. The number of amidine groups is 1. The van der Waals surface area contributed by atoms with E-state index in [1.165, 1.54) is 0 Å². The van der Waals surface area contributed by atoms with Crippen molar-refractivity contribution in [2.75, 3.05) is 5.32 Å². The number of carbonyl (C=O) groups excluding carboxylic acids is 1. The lowest BCUT2D eigenvalue weighted by Crippen LogP contribution is -2.20. The Balaban J connectivity index is 2.32. The molecule has 0 fully saturated rings. The highest BCUT2D eigenvalue weighted by Gasteiger charge is 2.13. The number of benzene rings is 1. The Morgan fingerprint density at radius 1 is 1.30 bits per heavy atom. The van der Waals surface area contributed by atoms with Gasteiger partial charge in [-0.25, -0.2) is 0 Å². The van der Waals surface area contributed by atoms with Crippen LogP contribution in [0.2, 0.25) is 0 Å². The van der Waals surface area contributed by atoms with Crippen molar-refractivity contribution >= 4 is 17.4 Å². The van der Waals surface area contributed by atoms with Gasteiger partial charge in [-0.3, -0.25) is 9.78 Å². The Morgan fingerprint density at radius 2 is 2.05 bits per heavy atom. The maximum atomic E-state index is 12.2. The van der Waals surface area contributed by atoms with E-state index in [-0.39, 0.29) is 11.7 Å². The molecule has 6 heteroatoms. The first kappa shape index (κ1) is 13.5. The van der Waals surface area contributed by atoms with E-state index in [0.717, 1.165) is 5.56 Å². The molecule has 0 atom stereocenters. The summed E-state index contributed by atoms with van der Waals surface area (Å²) in [6, 6.07) is 10.4. The average Bonchev–Trinajstić information content (AvgIpc) is 2.47. The number of carbonyl (C=O) groups is 1. The quantitative estimate of drug-likeness (QED) is 0.342. The number of para-hydroxylation sites is 1. The number of anilines is 1. The molecule has 1 aromatic heterocycles. The number of amides is 1. The number of nitrogens with one attached hydrogen (secondary N) is 1. The fourth-order valence-electron chi connectivity index (χ4n) is 1.77. The molecule has 1 heterocycles. The molecule has 20 heavy (non-hydrogen) atoms. The van der Waals surface area contributed by atoms with Gasteiger partial charge in [0.1, 0.15) is 5.69 Å². The third kappa shape index (κ3) is 2.74. The van der Waals surface area contributed by atoms with E-state index in [1.54, 1.807) is 49.5 Å². The topological polar surface area (TPSA) is 101 Å². The van der Waals surface area contributed by atoms with Crippen LogP contribution in [0.25, 0.3) is 0 Å². The van der Waals surface area contributed by atoms with Crippen molar-refractivity contribution in [2.24, 2.45) is 10.9 Å². The number of nitrogens with zero attached hydrogens (tertiary/aromatic N) is 2. The molecule has 0 aliphatic heterocycles. The number of aromatic nitrogens is 1. The Labute approximate surface area is 115 Å². The predicted molar refractivity (Wildman–Crippen MR) is 75.9 cm³/mol. The summed E-state index contributed by atoms with van der Waals surface area (Å²) < 4.78 is 0. The molecular weight excluding hydrogens is 256 g/mol. The van der Waals surface area contributed by atoms with E-state index in [0.29, 0.717) is 16.9 Å². The zero-order chi connectivity index (χ0) is 14.5. The minimum absolute atomic E-state index is 0.0707. The Kier molecular flexibility index (Phi) is 3.95. The smallest absolute Gasteiger partial charge is 0.274 e. The van der Waals surface area contributed by atoms with Crippen LogP contribution < -0.4 is 11.1 Å². The SMILES string of the molecule is Cc1cccnc1C(=O)Nc1ccccc1C(N)=NO. The lowest BCUT2D eigenvalue weighted by atomic mass is 10.1. The van der Waals surface area contributed by atoms with Crippen molar-refractivity contribution in [3.05, 3.63) is 59.4 Å². The summed E-state index contributed by atoms with van der Waals surface area (Å²) in [6.45, 7) is 1.80. The van der Waals surface area contributed by atoms with Gasteiger partial charge in [-0.2, -0.15) is 0 Å². The Morgan fingerprint density at radius 3 is 2.75 bits per heavy atom. The van der Waals surface area contributed by atoms with Crippen LogP contribution in [0.5, 0.6) is 0 Å². The number of rotatable bonds is 3. The van der Waals surface area contributed by atoms with E-state index < -0.39 is 0 Å². The molecule has 2 rings (SSSR count). The van der Waals surface area contributed by atoms with Crippen molar-refractivity contribution in [3.63, 3.8) is 0 Å². The molecule has 4 N–H and O–H groups in total. The summed E-state index contributed by atoms with van der Waals surface area (Å²) in [5.74, 6) is -0.417. The molecule has 0 saturated carbocycles. The van der Waals surface area contributed by atoms with Gasteiger partial charge in [0.05, 0.1) is 5.69 Å². The summed E-state index contributed by atoms with van der Waals surface area (Å²) in [6.07, 6.45) is 1.55. The first-order valence-corrected chi connectivity index (χ1v) is 5.93. The monoisotopic (exact) mass is 270 g/mol. The molecule has 0 aliphatic carbocycles. The standard InChI is InChI=1S/C14H14N4O2/c1-9-5-4-8-16-12(9)14(19)17-11-7-3-2-6-10(11)13(15)18-20/h2-8,20H,1H3,(H2,15,18)(H,17,19). The number of nitrogens with two attached hydrogens (primary N) is 1. The Bertz CT molecular complexity index is 668. The van der Waals surface area contributed by atoms with Crippen molar-refractivity contribution in [1.29, 1.82) is 0 Å². The predicted octanol–water partition coefficient (Wildman–Crippen LogP) is 1.74. The first-order valence-electron chi connectivity index (χ1n) is 5.93. The summed E-state index contributed by atoms with van der Waals surface area (Å²) in [7, 11) is 0. The zero-order valence-corrected chi connectivity index (χ0v) is 10.9. The highest BCUT2D eigenvalue weighted by molar-refractivity contribution is 6.09.